The van der Waals surface area contributed by atoms with E-state index in [1.165, 1.54) is 21.5 Å². The third-order valence-electron chi connectivity index (χ3n) is 5.76. The first-order chi connectivity index (χ1) is 17.4. The van der Waals surface area contributed by atoms with Gasteiger partial charge < -0.3 is 29.5 Å². The van der Waals surface area contributed by atoms with E-state index in [4.69, 9.17) is 22.1 Å². The number of methoxy groups -OCH3 is 1. The van der Waals surface area contributed by atoms with Crippen LogP contribution in [0.2, 0.25) is 0 Å². The summed E-state index contributed by atoms with van der Waals surface area (Å²) in [6.45, 7) is 2.72. The number of aliphatic hydroxyl groups excluding tert-OH is 3. The Morgan fingerprint density at radius 1 is 1.00 bits per heavy atom. The topological polar surface area (TPSA) is 198 Å². The Balaban J connectivity index is 0.000000208. The third kappa shape index (κ3) is 6.04. The molecular weight excluding hydrogens is 468 g/mol. The molecular formula is C21H30N4O10. The molecule has 2 fully saturated rings. The van der Waals surface area contributed by atoms with Gasteiger partial charge in [-0.2, -0.15) is 0 Å². The van der Waals surface area contributed by atoms with Gasteiger partial charge in [-0.05, 0) is 13.8 Å². The minimum atomic E-state index is -1.46. The summed E-state index contributed by atoms with van der Waals surface area (Å²) in [6, 6.07) is 0. The van der Waals surface area contributed by atoms with Gasteiger partial charge in [-0.1, -0.05) is 0 Å². The Hall–Kier alpha value is -2.88. The highest BCUT2D eigenvalue weighted by atomic mass is 16.6. The molecule has 0 aliphatic carbocycles. The smallest absolute Gasteiger partial charge is 0.330 e. The van der Waals surface area contributed by atoms with Crippen molar-refractivity contribution in [3.8, 4) is 0 Å². The second-order valence-electron chi connectivity index (χ2n) is 8.34. The van der Waals surface area contributed by atoms with E-state index in [2.05, 4.69) is 9.97 Å². The van der Waals surface area contributed by atoms with Crippen LogP contribution in [0, 0.1) is 13.8 Å². The van der Waals surface area contributed by atoms with Crippen LogP contribution >= 0.6 is 0 Å². The predicted octanol–water partition coefficient (Wildman–Crippen LogP) is -2.37. The molecule has 2 saturated heterocycles. The number of nitrogens with zero attached hydrogens (tertiary/aromatic N) is 2. The van der Waals surface area contributed by atoms with Crippen LogP contribution in [0.4, 0.5) is 0 Å². The van der Waals surface area contributed by atoms with E-state index in [1.807, 2.05) is 0 Å². The van der Waals surface area contributed by atoms with E-state index in [1.54, 1.807) is 13.8 Å². The average Bonchev–Trinajstić information content (AvgIpc) is 3.39. The van der Waals surface area contributed by atoms with Gasteiger partial charge in [-0.3, -0.25) is 28.7 Å². The normalized spacial score (nSPS) is 29.7. The number of rotatable bonds is 5. The molecule has 7 atom stereocenters. The Morgan fingerprint density at radius 3 is 1.89 bits per heavy atom. The van der Waals surface area contributed by atoms with Crippen molar-refractivity contribution in [1.29, 1.82) is 0 Å². The van der Waals surface area contributed by atoms with E-state index >= 15 is 0 Å². The molecule has 0 radical (unpaired) electrons. The first-order valence-corrected chi connectivity index (χ1v) is 10.8. The summed E-state index contributed by atoms with van der Waals surface area (Å²) in [4.78, 5) is 50.1. The van der Waals surface area contributed by atoms with Gasteiger partial charge in [0.2, 0.25) is 0 Å². The number of hydrogen-bond acceptors (Lipinski definition) is 10. The lowest BCUT2D eigenvalue weighted by Gasteiger charge is -2.15. The summed E-state index contributed by atoms with van der Waals surface area (Å²) in [5, 5.41) is 28.3. The van der Waals surface area contributed by atoms with Crippen LogP contribution in [-0.4, -0.2) is 79.1 Å². The molecule has 0 amide bonds. The Bertz CT molecular complexity index is 1310. The fourth-order valence-corrected chi connectivity index (χ4v) is 3.78. The fourth-order valence-electron chi connectivity index (χ4n) is 3.78. The minimum Gasteiger partial charge on any atom is -0.394 e. The number of ether oxygens (including phenoxy) is 3. The van der Waals surface area contributed by atoms with Crippen molar-refractivity contribution in [3.05, 3.63) is 65.2 Å². The number of aryl methyl sites for hydroxylation is 2. The van der Waals surface area contributed by atoms with Crippen molar-refractivity contribution in [2.24, 2.45) is 0 Å². The molecule has 2 aromatic heterocycles. The van der Waals surface area contributed by atoms with Crippen LogP contribution in [0.5, 0.6) is 0 Å². The summed E-state index contributed by atoms with van der Waals surface area (Å²) in [6.07, 6.45) is -1.32. The van der Waals surface area contributed by atoms with Crippen molar-refractivity contribution in [2.75, 3.05) is 20.3 Å². The van der Waals surface area contributed by atoms with Crippen molar-refractivity contribution in [2.45, 2.75) is 63.6 Å². The van der Waals surface area contributed by atoms with Gasteiger partial charge in [0.1, 0.15) is 24.7 Å². The quantitative estimate of drug-likeness (QED) is 0.295. The van der Waals surface area contributed by atoms with E-state index in [0.29, 0.717) is 11.1 Å². The second-order valence-corrected chi connectivity index (χ2v) is 8.34. The van der Waals surface area contributed by atoms with Gasteiger partial charge >= 0.3 is 11.4 Å². The van der Waals surface area contributed by atoms with Crippen molar-refractivity contribution >= 4 is 0 Å². The second kappa shape index (κ2) is 11.2. The lowest BCUT2D eigenvalue weighted by atomic mass is 10.2. The molecule has 0 bridgehead atoms. The van der Waals surface area contributed by atoms with Gasteiger partial charge in [0.25, 0.3) is 11.1 Å². The fraction of sp³-hybridized carbons (Fsp3) is 0.619. The van der Waals surface area contributed by atoms with Gasteiger partial charge in [-0.25, -0.2) is 9.59 Å². The Kier molecular flexibility index (Phi) is 7.66. The lowest BCUT2D eigenvalue weighted by Crippen LogP contribution is -2.33. The number of hydrogen-bond donors (Lipinski definition) is 5. The number of aliphatic hydroxyl groups is 3. The molecule has 194 valence electrons. The molecule has 2 aliphatic heterocycles. The molecule has 4 rings (SSSR count). The van der Waals surface area contributed by atoms with Gasteiger partial charge in [0, 0.05) is 43.4 Å². The third-order valence-corrected chi connectivity index (χ3v) is 5.76. The monoisotopic (exact) mass is 501 g/mol. The number of nitrogens with one attached hydrogen (secondary N) is 2. The van der Waals surface area contributed by atoms with E-state index in [0.717, 1.165) is 0 Å². The molecule has 2 aliphatic rings. The predicted molar refractivity (Wildman–Crippen MR) is 120 cm³/mol. The molecule has 35 heavy (non-hydrogen) atoms. The average molecular weight is 502 g/mol. The molecule has 0 aromatic carbocycles. The maximum absolute atomic E-state index is 11.7. The molecule has 0 saturated carbocycles. The summed E-state index contributed by atoms with van der Waals surface area (Å²) in [5.74, 6) is 0. The first-order valence-electron chi connectivity index (χ1n) is 11.9. The maximum Gasteiger partial charge on any atom is 0.330 e. The van der Waals surface area contributed by atoms with Crippen LogP contribution < -0.4 is 22.5 Å². The van der Waals surface area contributed by atoms with Crippen molar-refractivity contribution in [3.63, 3.8) is 0 Å². The molecule has 4 heterocycles. The summed E-state index contributed by atoms with van der Waals surface area (Å²) in [7, 11) is -1.46. The van der Waals surface area contributed by atoms with Crippen molar-refractivity contribution < 1.29 is 32.3 Å². The number of aromatic nitrogens is 4. The van der Waals surface area contributed by atoms with Crippen LogP contribution in [0.25, 0.3) is 0 Å². The summed E-state index contributed by atoms with van der Waals surface area (Å²) >= 11 is 0. The Labute approximate surface area is 201 Å². The largest absolute Gasteiger partial charge is 0.394 e. The highest BCUT2D eigenvalue weighted by molar-refractivity contribution is 5.03. The zero-order valence-corrected chi connectivity index (χ0v) is 19.1. The lowest BCUT2D eigenvalue weighted by molar-refractivity contribution is -0.0547. The maximum atomic E-state index is 11.7. The van der Waals surface area contributed by atoms with E-state index in [9.17, 15) is 29.4 Å². The molecule has 14 nitrogen and oxygen atoms in total. The standard InChI is InChI=1S/C11H16N2O5.C10H14N2O5/c1-6-4-13(11(16)12-10(6)15)9-3-7(14)8(18-9)5-17-2;1-5-3-12(10(16)11-9(5)15)8-2-6(14)7(4-13)17-8/h4,7-9,14H,3,5H2,1-2H3,(H,12,15,16);3,6-8,13-14H,2,4H2,1H3,(H,11,15,16)/i2TD;. The van der Waals surface area contributed by atoms with Crippen LogP contribution in [0.3, 0.4) is 0 Å². The molecule has 5 N–H and O–H groups in total. The molecule has 7 unspecified atom stereocenters. The highest BCUT2D eigenvalue weighted by Crippen LogP contribution is 2.28. The molecule has 0 spiro atoms. The van der Waals surface area contributed by atoms with E-state index < -0.39 is 66.4 Å². The summed E-state index contributed by atoms with van der Waals surface area (Å²) in [5.41, 5.74) is -1.36. The van der Waals surface area contributed by atoms with Crippen LogP contribution in [0.15, 0.2) is 31.6 Å². The number of aromatic amines is 2. The van der Waals surface area contributed by atoms with E-state index in [-0.39, 0.29) is 26.1 Å². The molecule has 14 heteroatoms. The van der Waals surface area contributed by atoms with Crippen molar-refractivity contribution in [1.82, 2.24) is 19.1 Å². The Morgan fingerprint density at radius 2 is 1.46 bits per heavy atom. The SMILES string of the molecule is Cc1cn(C2CC(O)C(CO)O2)c(=O)[nH]c1=O.[2H]C([3H])OCC1OC(n2cc(C)c(=O)[nH]c2=O)CC1O. The number of H-pyrrole nitrogens is 2. The van der Waals surface area contributed by atoms with Gasteiger partial charge in [0.15, 0.2) is 0 Å². The first kappa shape index (κ1) is 23.8. The zero-order chi connectivity index (χ0) is 27.4. The van der Waals surface area contributed by atoms with Gasteiger partial charge in [-0.15, -0.1) is 0 Å². The van der Waals surface area contributed by atoms with Crippen LogP contribution in [-0.2, 0) is 14.2 Å². The molecule has 2 aromatic rings. The summed E-state index contributed by atoms with van der Waals surface area (Å²) < 4.78 is 31.8. The zero-order valence-electron chi connectivity index (χ0n) is 21.1. The van der Waals surface area contributed by atoms with Gasteiger partial charge in [0.05, 0.1) is 28.2 Å². The van der Waals surface area contributed by atoms with Crippen LogP contribution in [0.1, 0.15) is 39.2 Å². The highest BCUT2D eigenvalue weighted by Gasteiger charge is 2.36. The minimum absolute atomic E-state index is 0.105.